The summed E-state index contributed by atoms with van der Waals surface area (Å²) in [6, 6.07) is 6.56. The molecule has 0 aliphatic carbocycles. The molecule has 0 unspecified atom stereocenters. The Labute approximate surface area is 197 Å². The maximum Gasteiger partial charge on any atom is 0.329 e. The molecule has 10 nitrogen and oxygen atoms in total. The van der Waals surface area contributed by atoms with Gasteiger partial charge in [0, 0.05) is 42.2 Å². The number of hydrogen-bond acceptors (Lipinski definition) is 8. The fourth-order valence-electron chi connectivity index (χ4n) is 3.55. The van der Waals surface area contributed by atoms with Crippen molar-refractivity contribution >= 4 is 29.5 Å². The van der Waals surface area contributed by atoms with Crippen LogP contribution < -0.4 is 15.4 Å². The van der Waals surface area contributed by atoms with Crippen molar-refractivity contribution in [2.75, 3.05) is 25.1 Å². The SMILES string of the molecule is Cc1nc(NC(=O)N2CCC(C)(C)C2=O)ccc1Oc1ccnc(/C(C=N)=C/NC2COC2)c1. The fourth-order valence-corrected chi connectivity index (χ4v) is 3.55. The molecule has 2 aromatic rings. The van der Waals surface area contributed by atoms with E-state index in [1.165, 1.54) is 11.1 Å². The maximum atomic E-state index is 12.5. The van der Waals surface area contributed by atoms with Gasteiger partial charge in [-0.15, -0.1) is 0 Å². The first-order chi connectivity index (χ1) is 16.3. The first-order valence-electron chi connectivity index (χ1n) is 11.1. The standard InChI is InChI=1S/C24H28N6O4/c1-15-20(4-5-21(28-15)29-23(32)30-9-7-24(2,3)22(30)31)34-18-6-8-26-19(10-18)16(11-25)12-27-17-13-33-14-17/h4-6,8,10-12,17,25,27H,7,9,13-14H2,1-3H3,(H,28,29,32)/b16-12+,25-11?. The second kappa shape index (κ2) is 9.60. The molecular formula is C24H28N6O4. The zero-order valence-corrected chi connectivity index (χ0v) is 19.4. The highest BCUT2D eigenvalue weighted by molar-refractivity contribution is 6.07. The molecular weight excluding hydrogens is 436 g/mol. The van der Waals surface area contributed by atoms with Crippen molar-refractivity contribution in [2.24, 2.45) is 5.41 Å². The molecule has 4 rings (SSSR count). The first kappa shape index (κ1) is 23.4. The van der Waals surface area contributed by atoms with E-state index in [-0.39, 0.29) is 11.9 Å². The number of nitrogens with zero attached hydrogens (tertiary/aromatic N) is 3. The quantitative estimate of drug-likeness (QED) is 0.536. The lowest BCUT2D eigenvalue weighted by Crippen LogP contribution is -2.43. The van der Waals surface area contributed by atoms with Gasteiger partial charge in [0.05, 0.1) is 30.6 Å². The Balaban J connectivity index is 1.43. The Hall–Kier alpha value is -3.79. The highest BCUT2D eigenvalue weighted by Gasteiger charge is 2.41. The van der Waals surface area contributed by atoms with Gasteiger partial charge in [-0.25, -0.2) is 9.78 Å². The molecule has 178 valence electrons. The van der Waals surface area contributed by atoms with Gasteiger partial charge in [-0.05, 0) is 31.5 Å². The minimum Gasteiger partial charge on any atom is -0.455 e. The highest BCUT2D eigenvalue weighted by atomic mass is 16.5. The monoisotopic (exact) mass is 464 g/mol. The Morgan fingerprint density at radius 3 is 2.74 bits per heavy atom. The second-order valence-corrected chi connectivity index (χ2v) is 8.92. The Morgan fingerprint density at radius 1 is 1.32 bits per heavy atom. The van der Waals surface area contributed by atoms with Crippen molar-refractivity contribution in [1.29, 1.82) is 5.41 Å². The van der Waals surface area contributed by atoms with E-state index in [2.05, 4.69) is 20.6 Å². The van der Waals surface area contributed by atoms with Gasteiger partial charge < -0.3 is 20.2 Å². The number of carbonyl (C=O) groups is 2. The molecule has 2 saturated heterocycles. The Bertz CT molecular complexity index is 1140. The third-order valence-electron chi connectivity index (χ3n) is 5.83. The number of aromatic nitrogens is 2. The van der Waals surface area contributed by atoms with Crippen LogP contribution in [0, 0.1) is 17.7 Å². The van der Waals surface area contributed by atoms with Gasteiger partial charge in [0.25, 0.3) is 0 Å². The van der Waals surface area contributed by atoms with Crippen LogP contribution in [0.2, 0.25) is 0 Å². The van der Waals surface area contributed by atoms with Crippen molar-refractivity contribution in [3.05, 3.63) is 48.1 Å². The number of aryl methyl sites for hydroxylation is 1. The summed E-state index contributed by atoms with van der Waals surface area (Å²) in [4.78, 5) is 34.8. The summed E-state index contributed by atoms with van der Waals surface area (Å²) >= 11 is 0. The number of urea groups is 1. The summed E-state index contributed by atoms with van der Waals surface area (Å²) in [7, 11) is 0. The van der Waals surface area contributed by atoms with Crippen molar-refractivity contribution in [1.82, 2.24) is 20.2 Å². The number of carbonyl (C=O) groups excluding carboxylic acids is 2. The predicted octanol–water partition coefficient (Wildman–Crippen LogP) is 3.35. The minimum absolute atomic E-state index is 0.190. The van der Waals surface area contributed by atoms with E-state index in [0.717, 1.165) is 0 Å². The van der Waals surface area contributed by atoms with Crippen LogP contribution in [0.1, 0.15) is 31.7 Å². The lowest BCUT2D eigenvalue weighted by Gasteiger charge is -2.26. The van der Waals surface area contributed by atoms with Gasteiger partial charge in [0.2, 0.25) is 5.91 Å². The van der Waals surface area contributed by atoms with E-state index in [4.69, 9.17) is 14.9 Å². The second-order valence-electron chi connectivity index (χ2n) is 8.92. The van der Waals surface area contributed by atoms with Crippen molar-refractivity contribution < 1.29 is 19.1 Å². The Morgan fingerprint density at radius 2 is 2.12 bits per heavy atom. The summed E-state index contributed by atoms with van der Waals surface area (Å²) in [5, 5.41) is 13.6. The molecule has 10 heteroatoms. The molecule has 3 N–H and O–H groups in total. The molecule has 0 radical (unpaired) electrons. The summed E-state index contributed by atoms with van der Waals surface area (Å²) in [6.45, 7) is 7.12. The molecule has 2 aliphatic rings. The van der Waals surface area contributed by atoms with Crippen LogP contribution in [0.3, 0.4) is 0 Å². The molecule has 0 atom stereocenters. The first-order valence-corrected chi connectivity index (χ1v) is 11.1. The summed E-state index contributed by atoms with van der Waals surface area (Å²) < 4.78 is 11.1. The van der Waals surface area contributed by atoms with Crippen LogP contribution in [-0.2, 0) is 9.53 Å². The number of hydrogen-bond donors (Lipinski definition) is 3. The molecule has 0 saturated carbocycles. The normalized spacial score (nSPS) is 17.8. The summed E-state index contributed by atoms with van der Waals surface area (Å²) in [5.74, 6) is 1.20. The van der Waals surface area contributed by atoms with Crippen LogP contribution >= 0.6 is 0 Å². The Kier molecular flexibility index (Phi) is 6.60. The average Bonchev–Trinajstić information content (AvgIpc) is 3.05. The zero-order valence-electron chi connectivity index (χ0n) is 19.4. The van der Waals surface area contributed by atoms with Crippen LogP contribution in [-0.4, -0.2) is 58.8 Å². The number of imide groups is 1. The predicted molar refractivity (Wildman–Crippen MR) is 127 cm³/mol. The lowest BCUT2D eigenvalue weighted by molar-refractivity contribution is -0.131. The fraction of sp³-hybridized carbons (Fsp3) is 0.375. The molecule has 0 aromatic carbocycles. The molecule has 2 fully saturated rings. The number of nitrogens with one attached hydrogen (secondary N) is 3. The molecule has 0 bridgehead atoms. The van der Waals surface area contributed by atoms with Crippen LogP contribution in [0.15, 0.2) is 36.7 Å². The molecule has 2 aliphatic heterocycles. The number of likely N-dealkylation sites (tertiary alicyclic amines) is 1. The summed E-state index contributed by atoms with van der Waals surface area (Å²) in [6.07, 6.45) is 5.23. The lowest BCUT2D eigenvalue weighted by atomic mass is 9.92. The van der Waals surface area contributed by atoms with Crippen molar-refractivity contribution in [3.8, 4) is 11.5 Å². The zero-order chi connectivity index (χ0) is 24.3. The number of anilines is 1. The van der Waals surface area contributed by atoms with E-state index in [1.54, 1.807) is 43.6 Å². The molecule has 2 aromatic heterocycles. The molecule has 4 heterocycles. The minimum atomic E-state index is -0.532. The third kappa shape index (κ3) is 5.07. The van der Waals surface area contributed by atoms with E-state index in [1.807, 2.05) is 13.8 Å². The number of amides is 3. The van der Waals surface area contributed by atoms with Gasteiger partial charge in [0.15, 0.2) is 0 Å². The van der Waals surface area contributed by atoms with Crippen molar-refractivity contribution in [3.63, 3.8) is 0 Å². The highest BCUT2D eigenvalue weighted by Crippen LogP contribution is 2.31. The maximum absolute atomic E-state index is 12.5. The number of pyridine rings is 2. The number of rotatable bonds is 7. The third-order valence-corrected chi connectivity index (χ3v) is 5.83. The number of ether oxygens (including phenoxy) is 2. The smallest absolute Gasteiger partial charge is 0.329 e. The molecule has 3 amide bonds. The van der Waals surface area contributed by atoms with Gasteiger partial charge in [0.1, 0.15) is 17.3 Å². The van der Waals surface area contributed by atoms with Gasteiger partial charge in [-0.1, -0.05) is 13.8 Å². The average molecular weight is 465 g/mol. The molecule has 34 heavy (non-hydrogen) atoms. The van der Waals surface area contributed by atoms with E-state index >= 15 is 0 Å². The molecule has 0 spiro atoms. The van der Waals surface area contributed by atoms with Gasteiger partial charge >= 0.3 is 6.03 Å². The van der Waals surface area contributed by atoms with E-state index in [9.17, 15) is 9.59 Å². The van der Waals surface area contributed by atoms with Crippen molar-refractivity contribution in [2.45, 2.75) is 33.2 Å². The largest absolute Gasteiger partial charge is 0.455 e. The van der Waals surface area contributed by atoms with E-state index in [0.29, 0.717) is 60.5 Å². The van der Waals surface area contributed by atoms with Crippen LogP contribution in [0.25, 0.3) is 5.57 Å². The van der Waals surface area contributed by atoms with Gasteiger partial charge in [-0.3, -0.25) is 20.0 Å². The number of allylic oxidation sites excluding steroid dienone is 1. The summed E-state index contributed by atoms with van der Waals surface area (Å²) in [5.41, 5.74) is 1.24. The van der Waals surface area contributed by atoms with E-state index < -0.39 is 11.4 Å². The van der Waals surface area contributed by atoms with Crippen LogP contribution in [0.4, 0.5) is 10.6 Å². The van der Waals surface area contributed by atoms with Gasteiger partial charge in [-0.2, -0.15) is 0 Å². The topological polar surface area (TPSA) is 130 Å². The van der Waals surface area contributed by atoms with Crippen LogP contribution in [0.5, 0.6) is 11.5 Å².